The van der Waals surface area contributed by atoms with Crippen LogP contribution in [0.2, 0.25) is 5.02 Å². The van der Waals surface area contributed by atoms with E-state index in [2.05, 4.69) is 0 Å². The molecule has 0 spiro atoms. The molecule has 20 heavy (non-hydrogen) atoms. The van der Waals surface area contributed by atoms with Crippen LogP contribution in [0.1, 0.15) is 21.5 Å². The number of fused-ring (bicyclic) bond motifs is 1. The molecule has 0 aliphatic carbocycles. The van der Waals surface area contributed by atoms with Crippen molar-refractivity contribution in [2.45, 2.75) is 13.0 Å². The summed E-state index contributed by atoms with van der Waals surface area (Å²) in [6, 6.07) is 12.0. The lowest BCUT2D eigenvalue weighted by molar-refractivity contribution is 0.0725. The third-order valence-electron chi connectivity index (χ3n) is 3.56. The van der Waals surface area contributed by atoms with Crippen LogP contribution in [0.4, 0.5) is 4.39 Å². The van der Waals surface area contributed by atoms with Gasteiger partial charge >= 0.3 is 0 Å². The summed E-state index contributed by atoms with van der Waals surface area (Å²) in [5, 5.41) is 0.478. The van der Waals surface area contributed by atoms with Gasteiger partial charge in [0.05, 0.1) is 0 Å². The summed E-state index contributed by atoms with van der Waals surface area (Å²) in [5.41, 5.74) is 2.21. The van der Waals surface area contributed by atoms with Crippen LogP contribution in [0, 0.1) is 5.82 Å². The molecule has 2 nitrogen and oxygen atoms in total. The van der Waals surface area contributed by atoms with Gasteiger partial charge in [0.2, 0.25) is 0 Å². The van der Waals surface area contributed by atoms with E-state index in [1.54, 1.807) is 11.0 Å². The van der Waals surface area contributed by atoms with Crippen LogP contribution in [0.3, 0.4) is 0 Å². The predicted molar refractivity (Wildman–Crippen MR) is 76.3 cm³/mol. The Kier molecular flexibility index (Phi) is 3.45. The lowest BCUT2D eigenvalue weighted by Crippen LogP contribution is -2.37. The minimum absolute atomic E-state index is 0.0498. The number of hydrogen-bond acceptors (Lipinski definition) is 1. The Morgan fingerprint density at radius 1 is 1.20 bits per heavy atom. The summed E-state index contributed by atoms with van der Waals surface area (Å²) < 4.78 is 13.8. The molecule has 2 aromatic carbocycles. The maximum atomic E-state index is 13.8. The lowest BCUT2D eigenvalue weighted by Gasteiger charge is -2.28. The third-order valence-corrected chi connectivity index (χ3v) is 3.79. The molecular weight excluding hydrogens is 277 g/mol. The van der Waals surface area contributed by atoms with Crippen molar-refractivity contribution in [1.29, 1.82) is 0 Å². The highest BCUT2D eigenvalue weighted by Crippen LogP contribution is 2.22. The Morgan fingerprint density at radius 3 is 2.85 bits per heavy atom. The maximum Gasteiger partial charge on any atom is 0.254 e. The van der Waals surface area contributed by atoms with Gasteiger partial charge in [-0.15, -0.1) is 0 Å². The molecule has 0 saturated carbocycles. The van der Waals surface area contributed by atoms with Crippen molar-refractivity contribution in [2.75, 3.05) is 6.54 Å². The van der Waals surface area contributed by atoms with Crippen LogP contribution in [0.5, 0.6) is 0 Å². The molecular formula is C16H13ClFNO. The van der Waals surface area contributed by atoms with Gasteiger partial charge in [0.1, 0.15) is 5.82 Å². The monoisotopic (exact) mass is 289 g/mol. The highest BCUT2D eigenvalue weighted by molar-refractivity contribution is 6.30. The van der Waals surface area contributed by atoms with Crippen LogP contribution in [0.15, 0.2) is 42.5 Å². The second kappa shape index (κ2) is 5.25. The Labute approximate surface area is 121 Å². The highest BCUT2D eigenvalue weighted by Gasteiger charge is 2.24. The van der Waals surface area contributed by atoms with Gasteiger partial charge in [0.25, 0.3) is 5.91 Å². The first-order valence-electron chi connectivity index (χ1n) is 6.46. The summed E-state index contributed by atoms with van der Waals surface area (Å²) in [7, 11) is 0. The Morgan fingerprint density at radius 2 is 2.00 bits per heavy atom. The molecule has 0 unspecified atom stereocenters. The molecule has 4 heteroatoms. The van der Waals surface area contributed by atoms with E-state index in [0.717, 1.165) is 12.0 Å². The van der Waals surface area contributed by atoms with Gasteiger partial charge in [0, 0.05) is 29.2 Å². The molecule has 2 aromatic rings. The molecule has 1 amide bonds. The van der Waals surface area contributed by atoms with E-state index < -0.39 is 0 Å². The van der Waals surface area contributed by atoms with Gasteiger partial charge in [-0.3, -0.25) is 4.79 Å². The smallest absolute Gasteiger partial charge is 0.254 e. The van der Waals surface area contributed by atoms with E-state index in [1.165, 1.54) is 12.1 Å². The molecule has 1 aliphatic rings. The van der Waals surface area contributed by atoms with E-state index in [4.69, 9.17) is 11.6 Å². The first kappa shape index (κ1) is 13.1. The summed E-state index contributed by atoms with van der Waals surface area (Å²) in [6.45, 7) is 0.849. The van der Waals surface area contributed by atoms with Crippen molar-refractivity contribution in [2.24, 2.45) is 0 Å². The van der Waals surface area contributed by atoms with E-state index in [9.17, 15) is 9.18 Å². The second-order valence-corrected chi connectivity index (χ2v) is 5.31. The van der Waals surface area contributed by atoms with Gasteiger partial charge in [-0.05, 0) is 36.2 Å². The van der Waals surface area contributed by atoms with Crippen molar-refractivity contribution in [3.8, 4) is 0 Å². The third kappa shape index (κ3) is 2.41. The zero-order valence-corrected chi connectivity index (χ0v) is 11.5. The van der Waals surface area contributed by atoms with Crippen molar-refractivity contribution in [3.63, 3.8) is 0 Å². The molecule has 0 radical (unpaired) electrons. The quantitative estimate of drug-likeness (QED) is 0.826. The van der Waals surface area contributed by atoms with Crippen LogP contribution in [-0.4, -0.2) is 17.4 Å². The molecule has 0 aromatic heterocycles. The summed E-state index contributed by atoms with van der Waals surface area (Å²) >= 11 is 5.88. The van der Waals surface area contributed by atoms with Gasteiger partial charge in [-0.2, -0.15) is 0 Å². The van der Waals surface area contributed by atoms with Crippen LogP contribution >= 0.6 is 11.6 Å². The van der Waals surface area contributed by atoms with Crippen LogP contribution < -0.4 is 0 Å². The van der Waals surface area contributed by atoms with Gasteiger partial charge in [0.15, 0.2) is 0 Å². The lowest BCUT2D eigenvalue weighted by atomic mass is 9.98. The number of amides is 1. The van der Waals surface area contributed by atoms with E-state index in [0.29, 0.717) is 22.7 Å². The Hall–Kier alpha value is -1.87. The number of halogens is 2. The minimum Gasteiger partial charge on any atom is -0.334 e. The molecule has 1 aliphatic heterocycles. The standard InChI is InChI=1S/C16H13ClFNO/c17-13-5-6-15(18)12(9-13)10-19-8-7-11-3-1-2-4-14(11)16(19)20/h1-6,9H,7-8,10H2. The molecule has 0 fully saturated rings. The summed E-state index contributed by atoms with van der Waals surface area (Å²) in [6.07, 6.45) is 0.796. The molecule has 0 N–H and O–H groups in total. The SMILES string of the molecule is O=C1c2ccccc2CCN1Cc1cc(Cl)ccc1F. The Bertz CT molecular complexity index is 671. The topological polar surface area (TPSA) is 20.3 Å². The average Bonchev–Trinajstić information content (AvgIpc) is 2.46. The van der Waals surface area contributed by atoms with E-state index >= 15 is 0 Å². The molecule has 0 bridgehead atoms. The molecule has 3 rings (SSSR count). The van der Waals surface area contributed by atoms with Crippen molar-refractivity contribution < 1.29 is 9.18 Å². The molecule has 0 saturated heterocycles. The number of carbonyl (C=O) groups excluding carboxylic acids is 1. The number of nitrogens with zero attached hydrogens (tertiary/aromatic N) is 1. The number of benzene rings is 2. The molecule has 1 heterocycles. The summed E-state index contributed by atoms with van der Waals surface area (Å²) in [4.78, 5) is 14.1. The largest absolute Gasteiger partial charge is 0.334 e. The van der Waals surface area contributed by atoms with Gasteiger partial charge in [-0.1, -0.05) is 29.8 Å². The van der Waals surface area contributed by atoms with Crippen molar-refractivity contribution in [3.05, 3.63) is 70.0 Å². The fourth-order valence-electron chi connectivity index (χ4n) is 2.50. The average molecular weight is 290 g/mol. The van der Waals surface area contributed by atoms with E-state index in [-0.39, 0.29) is 18.3 Å². The summed E-state index contributed by atoms with van der Waals surface area (Å²) in [5.74, 6) is -0.382. The first-order chi connectivity index (χ1) is 9.65. The fraction of sp³-hybridized carbons (Fsp3) is 0.188. The van der Waals surface area contributed by atoms with Crippen molar-refractivity contribution >= 4 is 17.5 Å². The van der Waals surface area contributed by atoms with Gasteiger partial charge in [-0.25, -0.2) is 4.39 Å². The predicted octanol–water partition coefficient (Wildman–Crippen LogP) is 3.68. The van der Waals surface area contributed by atoms with Crippen LogP contribution in [0.25, 0.3) is 0 Å². The number of rotatable bonds is 2. The number of hydrogen-bond donors (Lipinski definition) is 0. The van der Waals surface area contributed by atoms with Crippen molar-refractivity contribution in [1.82, 2.24) is 4.90 Å². The normalized spacial score (nSPS) is 14.3. The van der Waals surface area contributed by atoms with E-state index in [1.807, 2.05) is 24.3 Å². The zero-order chi connectivity index (χ0) is 14.1. The molecule has 0 atom stereocenters. The second-order valence-electron chi connectivity index (χ2n) is 4.87. The first-order valence-corrected chi connectivity index (χ1v) is 6.84. The number of carbonyl (C=O) groups is 1. The fourth-order valence-corrected chi connectivity index (χ4v) is 2.69. The maximum absolute atomic E-state index is 13.8. The van der Waals surface area contributed by atoms with Gasteiger partial charge < -0.3 is 4.90 Å². The minimum atomic E-state index is -0.332. The molecule has 102 valence electrons. The zero-order valence-electron chi connectivity index (χ0n) is 10.8. The highest BCUT2D eigenvalue weighted by atomic mass is 35.5. The van der Waals surface area contributed by atoms with Crippen LogP contribution in [-0.2, 0) is 13.0 Å². The Balaban J connectivity index is 1.86.